The molecule has 2 fully saturated rings. The summed E-state index contributed by atoms with van der Waals surface area (Å²) in [5.74, 6) is 1.99. The molecule has 2 aliphatic heterocycles. The number of likely N-dealkylation sites (tertiary alicyclic amines) is 1. The number of carbonyl (C=O) groups is 1. The maximum atomic E-state index is 12.4. The molecule has 0 unspecified atom stereocenters. The maximum Gasteiger partial charge on any atom is 0.236 e. The minimum absolute atomic E-state index is 0.286. The van der Waals surface area contributed by atoms with E-state index < -0.39 is 0 Å². The van der Waals surface area contributed by atoms with Crippen molar-refractivity contribution in [3.63, 3.8) is 0 Å². The van der Waals surface area contributed by atoms with Gasteiger partial charge in [0.05, 0.1) is 6.54 Å². The highest BCUT2D eigenvalue weighted by Gasteiger charge is 2.23. The number of hydrogen-bond donors (Lipinski definition) is 0. The largest absolute Gasteiger partial charge is 0.363 e. The van der Waals surface area contributed by atoms with Crippen LogP contribution in [0.1, 0.15) is 19.3 Å². The van der Waals surface area contributed by atoms with E-state index >= 15 is 0 Å². The summed E-state index contributed by atoms with van der Waals surface area (Å²) in [6.07, 6.45) is 5.37. The van der Waals surface area contributed by atoms with Crippen molar-refractivity contribution in [2.75, 3.05) is 69.7 Å². The quantitative estimate of drug-likeness (QED) is 0.808. The zero-order valence-corrected chi connectivity index (χ0v) is 14.8. The summed E-state index contributed by atoms with van der Waals surface area (Å²) in [6.45, 7) is 5.92. The summed E-state index contributed by atoms with van der Waals surface area (Å²) in [6, 6.07) is 1.91. The third kappa shape index (κ3) is 4.14. The molecule has 3 rings (SSSR count). The fourth-order valence-corrected chi connectivity index (χ4v) is 3.28. The van der Waals surface area contributed by atoms with Gasteiger partial charge in [-0.1, -0.05) is 0 Å². The molecule has 7 nitrogen and oxygen atoms in total. The average Bonchev–Trinajstić information content (AvgIpc) is 2.63. The van der Waals surface area contributed by atoms with Crippen molar-refractivity contribution in [2.24, 2.45) is 0 Å². The molecule has 0 radical (unpaired) electrons. The number of nitrogens with zero attached hydrogens (tertiary/aromatic N) is 6. The fourth-order valence-electron chi connectivity index (χ4n) is 3.28. The summed E-state index contributed by atoms with van der Waals surface area (Å²) < 4.78 is 0. The first kappa shape index (κ1) is 17.0. The van der Waals surface area contributed by atoms with Crippen LogP contribution in [-0.2, 0) is 4.79 Å². The van der Waals surface area contributed by atoms with E-state index in [0.717, 1.165) is 63.9 Å². The molecule has 0 saturated carbocycles. The summed E-state index contributed by atoms with van der Waals surface area (Å²) in [4.78, 5) is 29.8. The van der Waals surface area contributed by atoms with Gasteiger partial charge < -0.3 is 14.7 Å². The Bertz CT molecular complexity index is 550. The van der Waals surface area contributed by atoms with Gasteiger partial charge >= 0.3 is 0 Å². The lowest BCUT2D eigenvalue weighted by atomic mass is 10.1. The fraction of sp³-hybridized carbons (Fsp3) is 0.706. The van der Waals surface area contributed by atoms with Crippen LogP contribution in [0.15, 0.2) is 12.3 Å². The predicted molar refractivity (Wildman–Crippen MR) is 95.4 cm³/mol. The van der Waals surface area contributed by atoms with Gasteiger partial charge in [0.2, 0.25) is 11.9 Å². The first-order valence-corrected chi connectivity index (χ1v) is 8.89. The smallest absolute Gasteiger partial charge is 0.236 e. The highest BCUT2D eigenvalue weighted by atomic mass is 16.2. The van der Waals surface area contributed by atoms with E-state index in [0.29, 0.717) is 6.54 Å². The van der Waals surface area contributed by atoms with Crippen LogP contribution in [-0.4, -0.2) is 85.6 Å². The molecule has 3 heterocycles. The minimum Gasteiger partial charge on any atom is -0.363 e. The molecule has 2 aliphatic rings. The van der Waals surface area contributed by atoms with Crippen molar-refractivity contribution in [3.8, 4) is 0 Å². The number of piperidine rings is 1. The zero-order chi connectivity index (χ0) is 16.9. The minimum atomic E-state index is 0.286. The van der Waals surface area contributed by atoms with Crippen LogP contribution in [0.2, 0.25) is 0 Å². The van der Waals surface area contributed by atoms with Crippen LogP contribution >= 0.6 is 0 Å². The molecule has 0 bridgehead atoms. The summed E-state index contributed by atoms with van der Waals surface area (Å²) in [5, 5.41) is 0. The highest BCUT2D eigenvalue weighted by molar-refractivity contribution is 5.78. The van der Waals surface area contributed by atoms with Gasteiger partial charge in [-0.25, -0.2) is 4.98 Å². The lowest BCUT2D eigenvalue weighted by molar-refractivity contribution is -0.133. The number of carbonyl (C=O) groups excluding carboxylic acids is 1. The van der Waals surface area contributed by atoms with Crippen LogP contribution in [0, 0.1) is 0 Å². The lowest BCUT2D eigenvalue weighted by Crippen LogP contribution is -2.51. The third-order valence-electron chi connectivity index (χ3n) is 4.81. The molecule has 0 spiro atoms. The molecule has 1 aromatic rings. The molecule has 24 heavy (non-hydrogen) atoms. The molecule has 1 aromatic heterocycles. The summed E-state index contributed by atoms with van der Waals surface area (Å²) in [5.41, 5.74) is 0. The summed E-state index contributed by atoms with van der Waals surface area (Å²) in [7, 11) is 3.96. The molecule has 0 N–H and O–H groups in total. The molecule has 7 heteroatoms. The van der Waals surface area contributed by atoms with Gasteiger partial charge in [0.1, 0.15) is 5.82 Å². The Morgan fingerprint density at radius 2 is 1.79 bits per heavy atom. The van der Waals surface area contributed by atoms with Gasteiger partial charge in [-0.05, 0) is 25.3 Å². The van der Waals surface area contributed by atoms with Crippen LogP contribution in [0.25, 0.3) is 0 Å². The van der Waals surface area contributed by atoms with Gasteiger partial charge in [-0.2, -0.15) is 4.98 Å². The Balaban J connectivity index is 1.50. The first-order chi connectivity index (χ1) is 11.6. The van der Waals surface area contributed by atoms with Crippen molar-refractivity contribution in [2.45, 2.75) is 19.3 Å². The van der Waals surface area contributed by atoms with Gasteiger partial charge in [0.25, 0.3) is 0 Å². The van der Waals surface area contributed by atoms with Crippen molar-refractivity contribution >= 4 is 17.7 Å². The van der Waals surface area contributed by atoms with E-state index in [9.17, 15) is 4.79 Å². The standard InChI is InChI=1S/C17H28N6O/c1-20(2)15-6-7-18-17(19-15)23-12-10-21(11-13-23)14-16(24)22-8-4-3-5-9-22/h6-7H,3-5,8-14H2,1-2H3. The molecule has 2 saturated heterocycles. The predicted octanol–water partition coefficient (Wildman–Crippen LogP) is 0.677. The topological polar surface area (TPSA) is 55.8 Å². The number of hydrogen-bond acceptors (Lipinski definition) is 6. The van der Waals surface area contributed by atoms with Gasteiger partial charge in [-0.3, -0.25) is 9.69 Å². The van der Waals surface area contributed by atoms with E-state index in [1.807, 2.05) is 36.2 Å². The van der Waals surface area contributed by atoms with Gasteiger partial charge in [0, 0.05) is 59.6 Å². The van der Waals surface area contributed by atoms with E-state index in [-0.39, 0.29) is 5.91 Å². The van der Waals surface area contributed by atoms with Crippen molar-refractivity contribution in [3.05, 3.63) is 12.3 Å². The molecule has 0 atom stereocenters. The second-order valence-electron chi connectivity index (χ2n) is 6.81. The zero-order valence-electron chi connectivity index (χ0n) is 14.8. The molecule has 132 valence electrons. The van der Waals surface area contributed by atoms with Crippen molar-refractivity contribution in [1.29, 1.82) is 0 Å². The normalized spacial score (nSPS) is 19.4. The van der Waals surface area contributed by atoms with Crippen molar-refractivity contribution in [1.82, 2.24) is 19.8 Å². The number of anilines is 2. The SMILES string of the molecule is CN(C)c1ccnc(N2CCN(CC(=O)N3CCCCC3)CC2)n1. The van der Waals surface area contributed by atoms with Crippen LogP contribution in [0.4, 0.5) is 11.8 Å². The van der Waals surface area contributed by atoms with Crippen LogP contribution < -0.4 is 9.80 Å². The Labute approximate surface area is 144 Å². The first-order valence-electron chi connectivity index (χ1n) is 8.89. The maximum absolute atomic E-state index is 12.4. The highest BCUT2D eigenvalue weighted by Crippen LogP contribution is 2.15. The number of piperazine rings is 1. The van der Waals surface area contributed by atoms with E-state index in [1.165, 1.54) is 6.42 Å². The molecule has 1 amide bonds. The van der Waals surface area contributed by atoms with Gasteiger partial charge in [-0.15, -0.1) is 0 Å². The Hall–Kier alpha value is -1.89. The number of aromatic nitrogens is 2. The van der Waals surface area contributed by atoms with Crippen LogP contribution in [0.5, 0.6) is 0 Å². The van der Waals surface area contributed by atoms with E-state index in [4.69, 9.17) is 0 Å². The van der Waals surface area contributed by atoms with Crippen LogP contribution in [0.3, 0.4) is 0 Å². The molecule has 0 aliphatic carbocycles. The Morgan fingerprint density at radius 3 is 2.46 bits per heavy atom. The average molecular weight is 332 g/mol. The number of amides is 1. The molecule has 0 aromatic carbocycles. The molecular formula is C17H28N6O. The Kier molecular flexibility index (Phi) is 5.50. The monoisotopic (exact) mass is 332 g/mol. The molecular weight excluding hydrogens is 304 g/mol. The van der Waals surface area contributed by atoms with Crippen molar-refractivity contribution < 1.29 is 4.79 Å². The van der Waals surface area contributed by atoms with E-state index in [2.05, 4.69) is 19.8 Å². The third-order valence-corrected chi connectivity index (χ3v) is 4.81. The van der Waals surface area contributed by atoms with E-state index in [1.54, 1.807) is 0 Å². The lowest BCUT2D eigenvalue weighted by Gasteiger charge is -2.36. The number of rotatable bonds is 4. The van der Waals surface area contributed by atoms with Gasteiger partial charge in [0.15, 0.2) is 0 Å². The summed E-state index contributed by atoms with van der Waals surface area (Å²) >= 11 is 0. The second kappa shape index (κ2) is 7.79. The second-order valence-corrected chi connectivity index (χ2v) is 6.81. The Morgan fingerprint density at radius 1 is 1.08 bits per heavy atom.